The number of benzene rings is 1. The first-order valence-electron chi connectivity index (χ1n) is 4.22. The third-order valence-corrected chi connectivity index (χ3v) is 2.21. The summed E-state index contributed by atoms with van der Waals surface area (Å²) in [6.07, 6.45) is 0. The second-order valence-electron chi connectivity index (χ2n) is 3.24. The molecule has 13 heavy (non-hydrogen) atoms. The van der Waals surface area contributed by atoms with Crippen LogP contribution >= 0.6 is 24.0 Å². The third-order valence-electron chi connectivity index (χ3n) is 2.21. The molecular formula is C10H14INO. The molecule has 3 heteroatoms. The molecule has 0 bridgehead atoms. The molecule has 1 aromatic rings. The summed E-state index contributed by atoms with van der Waals surface area (Å²) in [5.41, 5.74) is 2.49. The summed E-state index contributed by atoms with van der Waals surface area (Å²) in [6.45, 7) is 3.88. The van der Waals surface area contributed by atoms with Gasteiger partial charge in [-0.25, -0.2) is 0 Å². The maximum atomic E-state index is 5.51. The lowest BCUT2D eigenvalue weighted by molar-refractivity contribution is 0.311. The van der Waals surface area contributed by atoms with Crippen molar-refractivity contribution >= 4 is 29.7 Å². The third kappa shape index (κ3) is 2.07. The van der Waals surface area contributed by atoms with Gasteiger partial charge in [0.05, 0.1) is 12.2 Å². The Hall–Kier alpha value is -0.450. The summed E-state index contributed by atoms with van der Waals surface area (Å²) in [7, 11) is 2.10. The van der Waals surface area contributed by atoms with Gasteiger partial charge in [0, 0.05) is 7.05 Å². The highest BCUT2D eigenvalue weighted by Crippen LogP contribution is 2.30. The minimum absolute atomic E-state index is 0. The predicted octanol–water partition coefficient (Wildman–Crippen LogP) is 2.44. The average molecular weight is 291 g/mol. The lowest BCUT2D eigenvalue weighted by Gasteiger charge is -2.27. The van der Waals surface area contributed by atoms with Crippen LogP contribution in [0.3, 0.4) is 0 Å². The molecule has 0 aliphatic carbocycles. The number of halogens is 1. The van der Waals surface area contributed by atoms with Crippen LogP contribution in [-0.4, -0.2) is 20.2 Å². The van der Waals surface area contributed by atoms with Gasteiger partial charge in [-0.3, -0.25) is 0 Å². The summed E-state index contributed by atoms with van der Waals surface area (Å²) < 4.78 is 5.51. The fourth-order valence-electron chi connectivity index (χ4n) is 1.46. The fourth-order valence-corrected chi connectivity index (χ4v) is 1.46. The largest absolute Gasteiger partial charge is 0.490 e. The zero-order valence-electron chi connectivity index (χ0n) is 7.91. The topological polar surface area (TPSA) is 12.5 Å². The van der Waals surface area contributed by atoms with Crippen LogP contribution in [0.25, 0.3) is 0 Å². The number of fused-ring (bicyclic) bond motifs is 1. The number of hydrogen-bond donors (Lipinski definition) is 0. The highest BCUT2D eigenvalue weighted by Gasteiger charge is 2.13. The Kier molecular flexibility index (Phi) is 3.41. The first-order valence-corrected chi connectivity index (χ1v) is 4.22. The van der Waals surface area contributed by atoms with Gasteiger partial charge in [-0.1, -0.05) is 6.07 Å². The average Bonchev–Trinajstić information content (AvgIpc) is 2.07. The Morgan fingerprint density at radius 2 is 2.15 bits per heavy atom. The zero-order chi connectivity index (χ0) is 8.55. The van der Waals surface area contributed by atoms with Crippen molar-refractivity contribution in [2.75, 3.05) is 25.1 Å². The SMILES string of the molecule is Cc1ccc2c(c1)N(C)CCO2.I. The van der Waals surface area contributed by atoms with Crippen molar-refractivity contribution in [1.29, 1.82) is 0 Å². The summed E-state index contributed by atoms with van der Waals surface area (Å²) in [5, 5.41) is 0. The molecule has 0 radical (unpaired) electrons. The zero-order valence-corrected chi connectivity index (χ0v) is 10.2. The molecule has 1 heterocycles. The number of nitrogens with zero attached hydrogens (tertiary/aromatic N) is 1. The van der Waals surface area contributed by atoms with Gasteiger partial charge >= 0.3 is 0 Å². The normalized spacial score (nSPS) is 14.2. The van der Waals surface area contributed by atoms with Crippen molar-refractivity contribution in [3.63, 3.8) is 0 Å². The smallest absolute Gasteiger partial charge is 0.142 e. The number of ether oxygens (including phenoxy) is 1. The van der Waals surface area contributed by atoms with Gasteiger partial charge in [0.1, 0.15) is 12.4 Å². The van der Waals surface area contributed by atoms with Gasteiger partial charge in [0.25, 0.3) is 0 Å². The molecule has 0 atom stereocenters. The van der Waals surface area contributed by atoms with Gasteiger partial charge in [-0.05, 0) is 24.6 Å². The van der Waals surface area contributed by atoms with E-state index < -0.39 is 0 Å². The van der Waals surface area contributed by atoms with Crippen molar-refractivity contribution in [2.24, 2.45) is 0 Å². The van der Waals surface area contributed by atoms with Gasteiger partial charge in [-0.15, -0.1) is 24.0 Å². The second-order valence-corrected chi connectivity index (χ2v) is 3.24. The van der Waals surface area contributed by atoms with Crippen LogP contribution in [0.2, 0.25) is 0 Å². The van der Waals surface area contributed by atoms with E-state index in [1.807, 2.05) is 6.07 Å². The quantitative estimate of drug-likeness (QED) is 0.681. The number of hydrogen-bond acceptors (Lipinski definition) is 2. The summed E-state index contributed by atoms with van der Waals surface area (Å²) in [6, 6.07) is 6.28. The molecular weight excluding hydrogens is 277 g/mol. The molecule has 0 spiro atoms. The molecule has 0 unspecified atom stereocenters. The summed E-state index contributed by atoms with van der Waals surface area (Å²) in [5.74, 6) is 1.01. The fraction of sp³-hybridized carbons (Fsp3) is 0.400. The number of likely N-dealkylation sites (N-methyl/N-ethyl adjacent to an activating group) is 1. The van der Waals surface area contributed by atoms with Crippen molar-refractivity contribution < 1.29 is 4.74 Å². The maximum absolute atomic E-state index is 5.51. The molecule has 0 saturated carbocycles. The first kappa shape index (κ1) is 10.6. The van der Waals surface area contributed by atoms with Gasteiger partial charge in [-0.2, -0.15) is 0 Å². The van der Waals surface area contributed by atoms with E-state index in [1.165, 1.54) is 11.3 Å². The van der Waals surface area contributed by atoms with Crippen LogP contribution in [0, 0.1) is 6.92 Å². The van der Waals surface area contributed by atoms with Crippen molar-refractivity contribution in [3.05, 3.63) is 23.8 Å². The van der Waals surface area contributed by atoms with Crippen LogP contribution in [0.15, 0.2) is 18.2 Å². The lowest BCUT2D eigenvalue weighted by atomic mass is 10.2. The van der Waals surface area contributed by atoms with E-state index >= 15 is 0 Å². The van der Waals surface area contributed by atoms with Crippen LogP contribution in [-0.2, 0) is 0 Å². The molecule has 0 fully saturated rings. The van der Waals surface area contributed by atoms with E-state index in [0.29, 0.717) is 0 Å². The van der Waals surface area contributed by atoms with Gasteiger partial charge in [0.2, 0.25) is 0 Å². The minimum atomic E-state index is 0. The van der Waals surface area contributed by atoms with E-state index in [-0.39, 0.29) is 24.0 Å². The van der Waals surface area contributed by atoms with E-state index in [4.69, 9.17) is 4.74 Å². The molecule has 72 valence electrons. The molecule has 2 nitrogen and oxygen atoms in total. The molecule has 2 rings (SSSR count). The number of aryl methyl sites for hydroxylation is 1. The molecule has 0 saturated heterocycles. The molecule has 1 aliphatic rings. The molecule has 1 aromatic carbocycles. The maximum Gasteiger partial charge on any atom is 0.142 e. The molecule has 0 aromatic heterocycles. The predicted molar refractivity (Wildman–Crippen MR) is 65.4 cm³/mol. The highest BCUT2D eigenvalue weighted by atomic mass is 127. The second kappa shape index (κ2) is 4.17. The van der Waals surface area contributed by atoms with Crippen molar-refractivity contribution in [1.82, 2.24) is 0 Å². The Morgan fingerprint density at radius 1 is 1.38 bits per heavy atom. The molecule has 0 amide bonds. The van der Waals surface area contributed by atoms with Gasteiger partial charge in [0.15, 0.2) is 0 Å². The Morgan fingerprint density at radius 3 is 2.92 bits per heavy atom. The monoisotopic (exact) mass is 291 g/mol. The van der Waals surface area contributed by atoms with Crippen LogP contribution in [0.5, 0.6) is 5.75 Å². The first-order chi connectivity index (χ1) is 5.77. The van der Waals surface area contributed by atoms with Crippen LogP contribution in [0.4, 0.5) is 5.69 Å². The summed E-state index contributed by atoms with van der Waals surface area (Å²) >= 11 is 0. The van der Waals surface area contributed by atoms with Crippen LogP contribution in [0.1, 0.15) is 5.56 Å². The standard InChI is InChI=1S/C10H13NO.HI/c1-8-3-4-10-9(7-8)11(2)5-6-12-10;/h3-4,7H,5-6H2,1-2H3;1H. The number of anilines is 1. The highest BCUT2D eigenvalue weighted by molar-refractivity contribution is 14.0. The molecule has 1 aliphatic heterocycles. The van der Waals surface area contributed by atoms with E-state index in [1.54, 1.807) is 0 Å². The van der Waals surface area contributed by atoms with E-state index in [0.717, 1.165) is 18.9 Å². The van der Waals surface area contributed by atoms with Crippen molar-refractivity contribution in [2.45, 2.75) is 6.92 Å². The molecule has 0 N–H and O–H groups in total. The Labute approximate surface area is 95.9 Å². The van der Waals surface area contributed by atoms with E-state index in [9.17, 15) is 0 Å². The number of rotatable bonds is 0. The summed E-state index contributed by atoms with van der Waals surface area (Å²) in [4.78, 5) is 2.23. The van der Waals surface area contributed by atoms with Gasteiger partial charge < -0.3 is 9.64 Å². The van der Waals surface area contributed by atoms with Crippen molar-refractivity contribution in [3.8, 4) is 5.75 Å². The lowest BCUT2D eigenvalue weighted by Crippen LogP contribution is -2.28. The van der Waals surface area contributed by atoms with E-state index in [2.05, 4.69) is 31.0 Å². The Balaban J connectivity index is 0.000000845. The van der Waals surface area contributed by atoms with Crippen LogP contribution < -0.4 is 9.64 Å². The minimum Gasteiger partial charge on any atom is -0.490 e. The Bertz CT molecular complexity index is 301.